The Bertz CT molecular complexity index is 916. The molecule has 3 rings (SSSR count). The van der Waals surface area contributed by atoms with Gasteiger partial charge in [-0.3, -0.25) is 9.59 Å². The van der Waals surface area contributed by atoms with Gasteiger partial charge in [-0.05, 0) is 31.1 Å². The minimum Gasteiger partial charge on any atom is -0.464 e. The molecule has 1 aliphatic heterocycles. The Morgan fingerprint density at radius 2 is 2.07 bits per heavy atom. The Morgan fingerprint density at radius 1 is 1.29 bits per heavy atom. The van der Waals surface area contributed by atoms with E-state index >= 15 is 0 Å². The summed E-state index contributed by atoms with van der Waals surface area (Å²) in [5, 5.41) is 9.40. The monoisotopic (exact) mass is 387 g/mol. The fourth-order valence-corrected chi connectivity index (χ4v) is 3.13. The third-order valence-corrected chi connectivity index (χ3v) is 4.64. The van der Waals surface area contributed by atoms with E-state index in [4.69, 9.17) is 19.0 Å². The number of benzene rings is 1. The molecule has 0 aliphatic carbocycles. The molecule has 0 saturated heterocycles. The third-order valence-electron chi connectivity index (χ3n) is 4.64. The Labute approximate surface area is 163 Å². The van der Waals surface area contributed by atoms with E-state index in [1.165, 1.54) is 11.2 Å². The summed E-state index contributed by atoms with van der Waals surface area (Å²) in [6.45, 7) is 0.494. The molecule has 0 unspecified atom stereocenters. The quantitative estimate of drug-likeness (QED) is 0.734. The van der Waals surface area contributed by atoms with Gasteiger partial charge in [0, 0.05) is 38.6 Å². The van der Waals surface area contributed by atoms with Crippen LogP contribution in [0.5, 0.6) is 0 Å². The summed E-state index contributed by atoms with van der Waals surface area (Å²) in [5.41, 5.74) is 0.865. The summed E-state index contributed by atoms with van der Waals surface area (Å²) in [4.78, 5) is 26.8. The number of amides is 1. The van der Waals surface area contributed by atoms with E-state index in [0.29, 0.717) is 42.4 Å². The van der Waals surface area contributed by atoms with Crippen molar-refractivity contribution in [1.29, 1.82) is 0 Å². The summed E-state index contributed by atoms with van der Waals surface area (Å²) in [7, 11) is 3.27. The van der Waals surface area contributed by atoms with Crippen LogP contribution in [-0.2, 0) is 14.3 Å². The van der Waals surface area contributed by atoms with Crippen molar-refractivity contribution in [2.75, 3.05) is 27.3 Å². The number of likely N-dealkylation sites (N-methyl/N-ethyl adjacent to an activating group) is 1. The van der Waals surface area contributed by atoms with Crippen LogP contribution in [0.3, 0.4) is 0 Å². The molecule has 0 spiro atoms. The topological polar surface area (TPSA) is 89.2 Å². The van der Waals surface area contributed by atoms with E-state index in [1.807, 2.05) is 6.07 Å². The van der Waals surface area contributed by atoms with Crippen LogP contribution in [0.1, 0.15) is 30.7 Å². The molecule has 150 valence electrons. The summed E-state index contributed by atoms with van der Waals surface area (Å²) in [5.74, 6) is -0.504. The third kappa shape index (κ3) is 4.43. The van der Waals surface area contributed by atoms with Crippen LogP contribution in [0.4, 0.5) is 0 Å². The zero-order chi connectivity index (χ0) is 20.1. The van der Waals surface area contributed by atoms with Crippen LogP contribution in [-0.4, -0.2) is 49.5 Å². The van der Waals surface area contributed by atoms with Crippen molar-refractivity contribution in [3.05, 3.63) is 58.2 Å². The fraction of sp³-hybridized carbons (Fsp3) is 0.429. The Balaban J connectivity index is 1.91. The van der Waals surface area contributed by atoms with E-state index in [0.717, 1.165) is 0 Å². The number of hydrogen-bond acceptors (Lipinski definition) is 6. The number of carbonyl (C=O) groups is 1. The van der Waals surface area contributed by atoms with Crippen molar-refractivity contribution in [2.45, 2.75) is 31.5 Å². The first-order chi connectivity index (χ1) is 13.5. The maximum atomic E-state index is 12.9. The molecule has 7 heteroatoms. The first kappa shape index (κ1) is 20.1. The number of nitrogens with zero attached hydrogens (tertiary/aromatic N) is 1. The Kier molecular flexibility index (Phi) is 6.49. The van der Waals surface area contributed by atoms with Crippen LogP contribution < -0.4 is 5.43 Å². The Morgan fingerprint density at radius 3 is 2.82 bits per heavy atom. The minimum absolute atomic E-state index is 0.0971. The van der Waals surface area contributed by atoms with Gasteiger partial charge in [0.1, 0.15) is 5.58 Å². The molecule has 0 fully saturated rings. The second kappa shape index (κ2) is 9.03. The maximum Gasteiger partial charge on any atom is 0.288 e. The van der Waals surface area contributed by atoms with E-state index < -0.39 is 6.29 Å². The van der Waals surface area contributed by atoms with Gasteiger partial charge in [0.2, 0.25) is 6.29 Å². The van der Waals surface area contributed by atoms with Gasteiger partial charge in [-0.15, -0.1) is 0 Å². The van der Waals surface area contributed by atoms with Crippen molar-refractivity contribution in [3.8, 4) is 0 Å². The number of allylic oxidation sites excluding steroid dienone is 1. The molecule has 1 aliphatic rings. The zero-order valence-electron chi connectivity index (χ0n) is 16.1. The second-order valence-electron chi connectivity index (χ2n) is 6.94. The van der Waals surface area contributed by atoms with Crippen LogP contribution in [0.15, 0.2) is 51.6 Å². The van der Waals surface area contributed by atoms with Crippen LogP contribution >= 0.6 is 0 Å². The number of para-hydroxylation sites is 1. The molecule has 0 saturated carbocycles. The van der Waals surface area contributed by atoms with Gasteiger partial charge < -0.3 is 23.9 Å². The van der Waals surface area contributed by atoms with Gasteiger partial charge in [0.25, 0.3) is 5.91 Å². The number of fused-ring (bicyclic) bond motifs is 1. The summed E-state index contributed by atoms with van der Waals surface area (Å²) in [6, 6.07) is 7.07. The zero-order valence-corrected chi connectivity index (χ0v) is 16.1. The van der Waals surface area contributed by atoms with E-state index in [2.05, 4.69) is 0 Å². The van der Waals surface area contributed by atoms with Gasteiger partial charge in [-0.2, -0.15) is 0 Å². The normalized spacial score (nSPS) is 19.2. The number of hydrogen-bond donors (Lipinski definition) is 1. The number of carbonyl (C=O) groups excluding carboxylic acids is 1. The number of rotatable bonds is 7. The lowest BCUT2D eigenvalue weighted by molar-refractivity contribution is -0.151. The van der Waals surface area contributed by atoms with Crippen molar-refractivity contribution in [2.24, 2.45) is 0 Å². The maximum absolute atomic E-state index is 12.9. The van der Waals surface area contributed by atoms with E-state index in [-0.39, 0.29) is 29.6 Å². The highest BCUT2D eigenvalue weighted by atomic mass is 16.7. The van der Waals surface area contributed by atoms with Crippen LogP contribution in [0, 0.1) is 0 Å². The Hall–Kier alpha value is -2.64. The molecule has 0 bridgehead atoms. The highest BCUT2D eigenvalue weighted by molar-refractivity contribution is 5.91. The first-order valence-electron chi connectivity index (χ1n) is 9.34. The minimum atomic E-state index is -0.654. The molecule has 1 amide bonds. The molecule has 1 aromatic heterocycles. The lowest BCUT2D eigenvalue weighted by Gasteiger charge is -2.29. The molecule has 2 aromatic rings. The van der Waals surface area contributed by atoms with Gasteiger partial charge >= 0.3 is 0 Å². The van der Waals surface area contributed by atoms with Gasteiger partial charge in [-0.25, -0.2) is 0 Å². The number of unbranched alkanes of at least 4 members (excludes halogenated alkanes) is 1. The second-order valence-corrected chi connectivity index (χ2v) is 6.94. The smallest absolute Gasteiger partial charge is 0.288 e. The summed E-state index contributed by atoms with van der Waals surface area (Å²) in [6.07, 6.45) is 4.17. The molecule has 1 N–H and O–H groups in total. The summed E-state index contributed by atoms with van der Waals surface area (Å²) >= 11 is 0. The predicted octanol–water partition coefficient (Wildman–Crippen LogP) is 2.38. The molecule has 0 radical (unpaired) electrons. The van der Waals surface area contributed by atoms with Gasteiger partial charge in [0.05, 0.1) is 18.3 Å². The van der Waals surface area contributed by atoms with E-state index in [1.54, 1.807) is 38.4 Å². The number of ether oxygens (including phenoxy) is 2. The SMILES string of the molecule is CN(C)C(=O)C1=C[C@H](c2coc3ccccc3c2=O)C[C@H](OCCCCO)O1. The van der Waals surface area contributed by atoms with E-state index in [9.17, 15) is 9.59 Å². The lowest BCUT2D eigenvalue weighted by Crippen LogP contribution is -2.33. The standard InChI is InChI=1S/C21H25NO6/c1-22(2)21(25)18-11-14(12-19(28-18)26-10-6-5-9-23)16-13-27-17-8-4-3-7-15(17)20(16)24/h3-4,7-8,11,13-14,19,23H,5-6,9-10,12H2,1-2H3/t14-,19+/m0/s1. The molecule has 28 heavy (non-hydrogen) atoms. The van der Waals surface area contributed by atoms with Crippen molar-refractivity contribution in [3.63, 3.8) is 0 Å². The average Bonchev–Trinajstić information content (AvgIpc) is 2.71. The highest BCUT2D eigenvalue weighted by Crippen LogP contribution is 2.31. The van der Waals surface area contributed by atoms with Crippen LogP contribution in [0.2, 0.25) is 0 Å². The fourth-order valence-electron chi connectivity index (χ4n) is 3.13. The van der Waals surface area contributed by atoms with Gasteiger partial charge in [0.15, 0.2) is 11.2 Å². The molecular formula is C21H25NO6. The van der Waals surface area contributed by atoms with Crippen LogP contribution in [0.25, 0.3) is 11.0 Å². The molecule has 1 aromatic carbocycles. The molecule has 2 heterocycles. The van der Waals surface area contributed by atoms with Crippen molar-refractivity contribution >= 4 is 16.9 Å². The molecule has 7 nitrogen and oxygen atoms in total. The highest BCUT2D eigenvalue weighted by Gasteiger charge is 2.31. The molecular weight excluding hydrogens is 362 g/mol. The largest absolute Gasteiger partial charge is 0.464 e. The number of aliphatic hydroxyl groups excluding tert-OH is 1. The first-order valence-corrected chi connectivity index (χ1v) is 9.34. The van der Waals surface area contributed by atoms with Crippen molar-refractivity contribution < 1.29 is 23.8 Å². The average molecular weight is 387 g/mol. The van der Waals surface area contributed by atoms with Gasteiger partial charge in [-0.1, -0.05) is 12.1 Å². The number of aliphatic hydroxyl groups is 1. The lowest BCUT2D eigenvalue weighted by atomic mass is 9.93. The van der Waals surface area contributed by atoms with Crippen molar-refractivity contribution in [1.82, 2.24) is 4.90 Å². The predicted molar refractivity (Wildman–Crippen MR) is 104 cm³/mol. The summed E-state index contributed by atoms with van der Waals surface area (Å²) < 4.78 is 17.1. The molecule has 2 atom stereocenters.